The Morgan fingerprint density at radius 2 is 1.96 bits per heavy atom. The summed E-state index contributed by atoms with van der Waals surface area (Å²) in [4.78, 5) is 31.1. The number of nitrogens with zero attached hydrogens (tertiary/aromatic N) is 2. The maximum absolute atomic E-state index is 13.2. The van der Waals surface area contributed by atoms with Crippen molar-refractivity contribution in [2.45, 2.75) is 71.4 Å². The molecule has 0 radical (unpaired) electrons. The second kappa shape index (κ2) is 6.59. The van der Waals surface area contributed by atoms with Gasteiger partial charge in [0.05, 0.1) is 6.67 Å². The van der Waals surface area contributed by atoms with Gasteiger partial charge in [0, 0.05) is 17.5 Å². The van der Waals surface area contributed by atoms with Crippen LogP contribution in [-0.4, -0.2) is 40.5 Å². The van der Waals surface area contributed by atoms with Gasteiger partial charge in [-0.2, -0.15) is 0 Å². The third kappa shape index (κ3) is 3.21. The van der Waals surface area contributed by atoms with E-state index < -0.39 is 5.54 Å². The topological polar surface area (TPSA) is 52.6 Å². The van der Waals surface area contributed by atoms with E-state index in [1.165, 1.54) is 15.3 Å². The van der Waals surface area contributed by atoms with Crippen LogP contribution in [0.5, 0.6) is 0 Å². The fourth-order valence-electron chi connectivity index (χ4n) is 5.06. The molecule has 27 heavy (non-hydrogen) atoms. The van der Waals surface area contributed by atoms with Crippen LogP contribution < -0.4 is 5.32 Å². The molecule has 1 N–H and O–H groups in total. The lowest BCUT2D eigenvalue weighted by Gasteiger charge is -2.41. The van der Waals surface area contributed by atoms with Gasteiger partial charge in [-0.1, -0.05) is 20.8 Å². The molecule has 3 heterocycles. The average molecular weight is 390 g/mol. The molecule has 148 valence electrons. The molecule has 5 nitrogen and oxygen atoms in total. The van der Waals surface area contributed by atoms with Crippen molar-refractivity contribution >= 4 is 23.3 Å². The summed E-state index contributed by atoms with van der Waals surface area (Å²) >= 11 is 1.81. The molecule has 4 rings (SSSR count). The molecule has 0 bridgehead atoms. The van der Waals surface area contributed by atoms with Crippen molar-refractivity contribution in [3.8, 4) is 0 Å². The summed E-state index contributed by atoms with van der Waals surface area (Å²) in [5.41, 5.74) is 0.943. The predicted molar refractivity (Wildman–Crippen MR) is 108 cm³/mol. The molecule has 3 amide bonds. The van der Waals surface area contributed by atoms with Crippen molar-refractivity contribution in [3.63, 3.8) is 0 Å². The number of amides is 3. The number of carbonyl (C=O) groups is 2. The Balaban J connectivity index is 1.45. The van der Waals surface area contributed by atoms with E-state index in [1.54, 1.807) is 0 Å². The summed E-state index contributed by atoms with van der Waals surface area (Å²) in [7, 11) is 0. The minimum absolute atomic E-state index is 0.0109. The smallest absolute Gasteiger partial charge is 0.323 e. The molecule has 2 aliphatic heterocycles. The van der Waals surface area contributed by atoms with Crippen LogP contribution in [-0.2, 0) is 11.2 Å². The van der Waals surface area contributed by atoms with E-state index in [1.807, 2.05) is 11.3 Å². The maximum Gasteiger partial charge on any atom is 0.326 e. The van der Waals surface area contributed by atoms with Gasteiger partial charge in [0.2, 0.25) is 0 Å². The third-order valence-electron chi connectivity index (χ3n) is 7.04. The van der Waals surface area contributed by atoms with E-state index >= 15 is 0 Å². The first-order chi connectivity index (χ1) is 12.7. The number of carbonyl (C=O) groups excluding carboxylic acids is 2. The highest BCUT2D eigenvalue weighted by Gasteiger charge is 2.53. The lowest BCUT2D eigenvalue weighted by Crippen LogP contribution is -2.51. The summed E-state index contributed by atoms with van der Waals surface area (Å²) in [6.07, 6.45) is 4.53. The molecule has 3 aliphatic rings. The third-order valence-corrected chi connectivity index (χ3v) is 8.03. The molecule has 1 aromatic heterocycles. The predicted octanol–water partition coefficient (Wildman–Crippen LogP) is 4.15. The monoisotopic (exact) mass is 389 g/mol. The summed E-state index contributed by atoms with van der Waals surface area (Å²) in [5.74, 6) is 0.601. The number of hydrogen-bond donors (Lipinski definition) is 1. The van der Waals surface area contributed by atoms with Gasteiger partial charge < -0.3 is 5.32 Å². The molecule has 1 saturated carbocycles. The van der Waals surface area contributed by atoms with Gasteiger partial charge >= 0.3 is 6.03 Å². The quantitative estimate of drug-likeness (QED) is 0.773. The lowest BCUT2D eigenvalue weighted by atomic mass is 9.67. The summed E-state index contributed by atoms with van der Waals surface area (Å²) in [5, 5.41) is 5.21. The van der Waals surface area contributed by atoms with Crippen LogP contribution in [0.3, 0.4) is 0 Å². The van der Waals surface area contributed by atoms with E-state index in [2.05, 4.69) is 49.4 Å². The second-order valence-corrected chi connectivity index (χ2v) is 10.6. The van der Waals surface area contributed by atoms with E-state index in [4.69, 9.17) is 0 Å². The molecular weight excluding hydrogens is 358 g/mol. The summed E-state index contributed by atoms with van der Waals surface area (Å²) in [6, 6.07) is 2.21. The van der Waals surface area contributed by atoms with Gasteiger partial charge in [0.15, 0.2) is 0 Å². The highest BCUT2D eigenvalue weighted by Crippen LogP contribution is 2.43. The van der Waals surface area contributed by atoms with Gasteiger partial charge in [-0.25, -0.2) is 9.69 Å². The number of rotatable bonds is 2. The normalized spacial score (nSPS) is 32.1. The van der Waals surface area contributed by atoms with Crippen LogP contribution in [0.25, 0.3) is 0 Å². The van der Waals surface area contributed by atoms with Gasteiger partial charge in [-0.3, -0.25) is 9.69 Å². The Morgan fingerprint density at radius 3 is 2.63 bits per heavy atom. The number of fused-ring (bicyclic) bond motifs is 1. The molecule has 1 unspecified atom stereocenters. The molecular formula is C21H31N3O2S. The first kappa shape index (κ1) is 18.9. The minimum Gasteiger partial charge on any atom is -0.323 e. The largest absolute Gasteiger partial charge is 0.326 e. The Morgan fingerprint density at radius 1 is 1.26 bits per heavy atom. The van der Waals surface area contributed by atoms with Crippen LogP contribution in [0.15, 0.2) is 11.4 Å². The number of nitrogens with one attached hydrogen (secondary N) is 1. The van der Waals surface area contributed by atoms with Gasteiger partial charge in [-0.15, -0.1) is 11.3 Å². The first-order valence-electron chi connectivity index (χ1n) is 10.2. The van der Waals surface area contributed by atoms with Gasteiger partial charge in [-0.05, 0) is 67.4 Å². The van der Waals surface area contributed by atoms with Crippen molar-refractivity contribution in [1.82, 2.24) is 15.1 Å². The lowest BCUT2D eigenvalue weighted by molar-refractivity contribution is -0.135. The standard InChI is InChI=1S/C21H31N3O2S/c1-14-16-8-12-27-17(16)7-11-23(14)13-24-18(25)21(22-19(24)26)9-5-15(6-10-21)20(2,3)4/h8,12,14-15H,5-7,9-11,13H2,1-4H3,(H,22,26). The summed E-state index contributed by atoms with van der Waals surface area (Å²) < 4.78 is 0. The molecule has 2 fully saturated rings. The first-order valence-corrected chi connectivity index (χ1v) is 11.0. The van der Waals surface area contributed by atoms with Crippen LogP contribution in [0.4, 0.5) is 4.79 Å². The fourth-order valence-corrected chi connectivity index (χ4v) is 6.02. The molecule has 6 heteroatoms. The van der Waals surface area contributed by atoms with Crippen molar-refractivity contribution in [2.24, 2.45) is 11.3 Å². The van der Waals surface area contributed by atoms with Crippen LogP contribution in [0, 0.1) is 11.3 Å². The van der Waals surface area contributed by atoms with Crippen LogP contribution in [0.1, 0.15) is 69.9 Å². The minimum atomic E-state index is -0.661. The van der Waals surface area contributed by atoms with E-state index in [-0.39, 0.29) is 23.4 Å². The van der Waals surface area contributed by atoms with Crippen molar-refractivity contribution in [3.05, 3.63) is 21.9 Å². The van der Waals surface area contributed by atoms with E-state index in [0.717, 1.165) is 38.6 Å². The summed E-state index contributed by atoms with van der Waals surface area (Å²) in [6.45, 7) is 10.3. The van der Waals surface area contributed by atoms with Crippen molar-refractivity contribution in [1.29, 1.82) is 0 Å². The SMILES string of the molecule is CC1c2ccsc2CCN1CN1C(=O)NC2(CCC(C(C)(C)C)CC2)C1=O. The van der Waals surface area contributed by atoms with Crippen molar-refractivity contribution in [2.75, 3.05) is 13.2 Å². The highest BCUT2D eigenvalue weighted by atomic mass is 32.1. The molecule has 1 saturated heterocycles. The second-order valence-electron chi connectivity index (χ2n) is 9.56. The zero-order chi connectivity index (χ0) is 19.4. The van der Waals surface area contributed by atoms with E-state index in [9.17, 15) is 9.59 Å². The van der Waals surface area contributed by atoms with Crippen molar-refractivity contribution < 1.29 is 9.59 Å². The van der Waals surface area contributed by atoms with Gasteiger partial charge in [0.25, 0.3) is 5.91 Å². The van der Waals surface area contributed by atoms with Crippen LogP contribution >= 0.6 is 11.3 Å². The molecule has 1 aliphatic carbocycles. The zero-order valence-electron chi connectivity index (χ0n) is 16.9. The average Bonchev–Trinajstić information content (AvgIpc) is 3.17. The molecule has 1 atom stereocenters. The number of imide groups is 1. The highest BCUT2D eigenvalue weighted by molar-refractivity contribution is 7.10. The van der Waals surface area contributed by atoms with Crippen LogP contribution in [0.2, 0.25) is 0 Å². The maximum atomic E-state index is 13.2. The Bertz CT molecular complexity index is 743. The van der Waals surface area contributed by atoms with Gasteiger partial charge in [0.1, 0.15) is 5.54 Å². The Hall–Kier alpha value is -1.40. The molecule has 0 aromatic carbocycles. The Labute approximate surface area is 166 Å². The fraction of sp³-hybridized carbons (Fsp3) is 0.714. The number of thiophene rings is 1. The number of hydrogen-bond acceptors (Lipinski definition) is 4. The zero-order valence-corrected chi connectivity index (χ0v) is 17.7. The van der Waals surface area contributed by atoms with E-state index in [0.29, 0.717) is 12.6 Å². The number of urea groups is 1. The Kier molecular flexibility index (Phi) is 4.62. The molecule has 1 aromatic rings. The molecule has 1 spiro atoms.